The second kappa shape index (κ2) is 10.0. The van der Waals surface area contributed by atoms with Crippen LogP contribution in [0.25, 0.3) is 0 Å². The molecule has 3 aliphatic heterocycles. The summed E-state index contributed by atoms with van der Waals surface area (Å²) in [5.74, 6) is -2.46. The van der Waals surface area contributed by atoms with E-state index < -0.39 is 29.6 Å². The summed E-state index contributed by atoms with van der Waals surface area (Å²) in [5, 5.41) is 0. The lowest BCUT2D eigenvalue weighted by atomic mass is 10.00. The van der Waals surface area contributed by atoms with E-state index in [4.69, 9.17) is 9.47 Å². The molecule has 3 aliphatic rings. The number of piperazine rings is 1. The van der Waals surface area contributed by atoms with Gasteiger partial charge < -0.3 is 24.2 Å². The summed E-state index contributed by atoms with van der Waals surface area (Å²) in [6.07, 6.45) is -4.19. The van der Waals surface area contributed by atoms with E-state index in [0.717, 1.165) is 0 Å². The number of carbonyl (C=O) groups excluding carboxylic acids is 3. The fourth-order valence-electron chi connectivity index (χ4n) is 4.49. The minimum Gasteiger partial charge on any atom is -0.444 e. The lowest BCUT2D eigenvalue weighted by molar-refractivity contribution is -0.192. The topological polar surface area (TPSA) is 82.6 Å². The molecule has 3 rings (SSSR count). The number of hydrogen-bond acceptors (Lipinski definition) is 6. The number of halogens is 3. The van der Waals surface area contributed by atoms with E-state index in [1.165, 1.54) is 4.90 Å². The van der Waals surface area contributed by atoms with Gasteiger partial charge in [-0.2, -0.15) is 13.2 Å². The van der Waals surface area contributed by atoms with Crippen LogP contribution in [0.15, 0.2) is 0 Å². The molecular weight excluding hydrogens is 445 g/mol. The van der Waals surface area contributed by atoms with Crippen molar-refractivity contribution in [1.82, 2.24) is 19.6 Å². The number of alkyl halides is 3. The van der Waals surface area contributed by atoms with E-state index in [0.29, 0.717) is 44.0 Å². The Morgan fingerprint density at radius 3 is 2.03 bits per heavy atom. The Hall–Kier alpha value is -2.08. The highest BCUT2D eigenvalue weighted by molar-refractivity contribution is 5.90. The van der Waals surface area contributed by atoms with Gasteiger partial charge in [-0.3, -0.25) is 14.5 Å². The minimum atomic E-state index is -5.04. The van der Waals surface area contributed by atoms with Gasteiger partial charge in [0.15, 0.2) is 0 Å². The van der Waals surface area contributed by atoms with Crippen molar-refractivity contribution in [3.05, 3.63) is 0 Å². The zero-order chi connectivity index (χ0) is 24.4. The van der Waals surface area contributed by atoms with E-state index >= 15 is 0 Å². The van der Waals surface area contributed by atoms with Crippen LogP contribution in [-0.4, -0.2) is 120 Å². The highest BCUT2D eigenvalue weighted by Crippen LogP contribution is 2.26. The molecule has 3 saturated heterocycles. The Morgan fingerprint density at radius 1 is 0.879 bits per heavy atom. The number of piperidine rings is 1. The number of likely N-dealkylation sites (tertiary alicyclic amines) is 1. The summed E-state index contributed by atoms with van der Waals surface area (Å²) in [5.41, 5.74) is -0.595. The molecule has 0 aromatic rings. The summed E-state index contributed by atoms with van der Waals surface area (Å²) < 4.78 is 50.2. The lowest BCUT2D eigenvalue weighted by Crippen LogP contribution is -2.65. The predicted molar refractivity (Wildman–Crippen MR) is 111 cm³/mol. The Morgan fingerprint density at radius 2 is 1.48 bits per heavy atom. The smallest absolute Gasteiger partial charge is 0.444 e. The Bertz CT molecular complexity index is 728. The van der Waals surface area contributed by atoms with Crippen LogP contribution < -0.4 is 0 Å². The van der Waals surface area contributed by atoms with Gasteiger partial charge in [0.25, 0.3) is 0 Å². The van der Waals surface area contributed by atoms with Gasteiger partial charge in [-0.1, -0.05) is 0 Å². The molecule has 188 valence electrons. The number of amides is 3. The number of carbonyl (C=O) groups is 3. The van der Waals surface area contributed by atoms with Crippen molar-refractivity contribution in [1.29, 1.82) is 0 Å². The maximum absolute atomic E-state index is 13.2. The molecule has 0 saturated carbocycles. The van der Waals surface area contributed by atoms with Crippen LogP contribution >= 0.6 is 0 Å². The summed E-state index contributed by atoms with van der Waals surface area (Å²) in [4.78, 5) is 43.2. The molecule has 9 nitrogen and oxygen atoms in total. The monoisotopic (exact) mass is 478 g/mol. The zero-order valence-electron chi connectivity index (χ0n) is 19.4. The first kappa shape index (κ1) is 25.5. The second-order valence-electron chi connectivity index (χ2n) is 9.64. The van der Waals surface area contributed by atoms with Crippen LogP contribution in [0.1, 0.15) is 33.6 Å². The minimum absolute atomic E-state index is 0.00631. The van der Waals surface area contributed by atoms with Crippen molar-refractivity contribution in [2.45, 2.75) is 57.5 Å². The normalized spacial score (nSPS) is 24.1. The molecule has 0 spiro atoms. The van der Waals surface area contributed by atoms with Crippen LogP contribution in [0, 0.1) is 0 Å². The molecule has 0 radical (unpaired) electrons. The first-order valence-corrected chi connectivity index (χ1v) is 11.3. The van der Waals surface area contributed by atoms with Crippen LogP contribution in [0.2, 0.25) is 0 Å². The molecule has 3 heterocycles. The first-order chi connectivity index (χ1) is 15.4. The Labute approximate surface area is 191 Å². The molecule has 3 amide bonds. The largest absolute Gasteiger partial charge is 0.471 e. The number of hydrogen-bond donors (Lipinski definition) is 0. The van der Waals surface area contributed by atoms with Crippen molar-refractivity contribution in [3.63, 3.8) is 0 Å². The number of ether oxygens (including phenoxy) is 2. The van der Waals surface area contributed by atoms with E-state index in [9.17, 15) is 27.6 Å². The van der Waals surface area contributed by atoms with E-state index in [1.54, 1.807) is 25.7 Å². The molecule has 0 bridgehead atoms. The van der Waals surface area contributed by atoms with Gasteiger partial charge in [0.1, 0.15) is 11.6 Å². The van der Waals surface area contributed by atoms with Gasteiger partial charge in [0.2, 0.25) is 5.91 Å². The molecule has 0 N–H and O–H groups in total. The lowest BCUT2D eigenvalue weighted by Gasteiger charge is -2.47. The molecule has 1 atom stereocenters. The van der Waals surface area contributed by atoms with E-state index in [1.807, 2.05) is 4.90 Å². The van der Waals surface area contributed by atoms with Crippen molar-refractivity contribution in [3.8, 4) is 0 Å². The van der Waals surface area contributed by atoms with Gasteiger partial charge in [-0.05, 0) is 33.6 Å². The predicted octanol–water partition coefficient (Wildman–Crippen LogP) is 1.32. The van der Waals surface area contributed by atoms with Crippen LogP contribution in [0.3, 0.4) is 0 Å². The number of morpholine rings is 1. The van der Waals surface area contributed by atoms with Crippen molar-refractivity contribution in [2.24, 2.45) is 0 Å². The Kier molecular flexibility index (Phi) is 7.77. The molecule has 0 aliphatic carbocycles. The average molecular weight is 479 g/mol. The van der Waals surface area contributed by atoms with Crippen molar-refractivity contribution >= 4 is 17.9 Å². The van der Waals surface area contributed by atoms with Gasteiger partial charge in [0, 0.05) is 51.9 Å². The molecule has 3 fully saturated rings. The molecule has 0 aromatic carbocycles. The fraction of sp³-hybridized carbons (Fsp3) is 0.857. The van der Waals surface area contributed by atoms with Gasteiger partial charge in [0.05, 0.1) is 13.2 Å². The third-order valence-electron chi connectivity index (χ3n) is 6.16. The Balaban J connectivity index is 1.66. The summed E-state index contributed by atoms with van der Waals surface area (Å²) >= 11 is 0. The average Bonchev–Trinajstić information content (AvgIpc) is 2.76. The summed E-state index contributed by atoms with van der Waals surface area (Å²) in [7, 11) is 0. The van der Waals surface area contributed by atoms with E-state index in [-0.39, 0.29) is 44.9 Å². The molecule has 0 aromatic heterocycles. The van der Waals surface area contributed by atoms with Gasteiger partial charge in [-0.15, -0.1) is 0 Å². The first-order valence-electron chi connectivity index (χ1n) is 11.3. The van der Waals surface area contributed by atoms with Crippen LogP contribution in [-0.2, 0) is 19.1 Å². The maximum atomic E-state index is 13.2. The number of nitrogens with zero attached hydrogens (tertiary/aromatic N) is 4. The molecular formula is C21H33F3N4O5. The van der Waals surface area contributed by atoms with Crippen LogP contribution in [0.4, 0.5) is 18.0 Å². The molecule has 12 heteroatoms. The third kappa shape index (κ3) is 6.50. The standard InChI is InChI=1S/C21H33F3N4O5/c1-20(2,3)33-19(31)26-6-4-15(5-7-26)27-8-9-28(18(30)21(22,23)24)16(14-27)17(29)25-10-12-32-13-11-25/h15-16H,4-14H2,1-3H3. The SMILES string of the molecule is CC(C)(C)OC(=O)N1CCC(N2CCN(C(=O)C(F)(F)F)C(C(=O)N3CCOCC3)C2)CC1. The van der Waals surface area contributed by atoms with Crippen molar-refractivity contribution in [2.75, 3.05) is 59.0 Å². The number of rotatable bonds is 2. The maximum Gasteiger partial charge on any atom is 0.471 e. The van der Waals surface area contributed by atoms with Gasteiger partial charge >= 0.3 is 18.2 Å². The summed E-state index contributed by atoms with van der Waals surface area (Å²) in [6, 6.07) is -1.19. The highest BCUT2D eigenvalue weighted by atomic mass is 19.4. The molecule has 1 unspecified atom stereocenters. The van der Waals surface area contributed by atoms with E-state index in [2.05, 4.69) is 0 Å². The van der Waals surface area contributed by atoms with Crippen molar-refractivity contribution < 1.29 is 37.0 Å². The van der Waals surface area contributed by atoms with Crippen LogP contribution in [0.5, 0.6) is 0 Å². The van der Waals surface area contributed by atoms with Gasteiger partial charge in [-0.25, -0.2) is 4.79 Å². The zero-order valence-corrected chi connectivity index (χ0v) is 19.4. The fourth-order valence-corrected chi connectivity index (χ4v) is 4.49. The molecule has 33 heavy (non-hydrogen) atoms. The third-order valence-corrected chi connectivity index (χ3v) is 6.16. The quantitative estimate of drug-likeness (QED) is 0.596. The second-order valence-corrected chi connectivity index (χ2v) is 9.64. The summed E-state index contributed by atoms with van der Waals surface area (Å²) in [6.45, 7) is 7.63. The highest BCUT2D eigenvalue weighted by Gasteiger charge is 2.49.